The van der Waals surface area contributed by atoms with Crippen LogP contribution < -0.4 is 5.32 Å². The normalized spacial score (nSPS) is 37.0. The van der Waals surface area contributed by atoms with Gasteiger partial charge >= 0.3 is 0 Å². The van der Waals surface area contributed by atoms with Crippen LogP contribution in [-0.4, -0.2) is 38.0 Å². The first-order valence-corrected chi connectivity index (χ1v) is 7.70. The Morgan fingerprint density at radius 1 is 1.28 bits per heavy atom. The lowest BCUT2D eigenvalue weighted by Crippen LogP contribution is -2.47. The minimum absolute atomic E-state index is 0.0778. The molecule has 0 radical (unpaired) electrons. The minimum atomic E-state index is 0.0778. The van der Waals surface area contributed by atoms with Crippen LogP contribution in [0.15, 0.2) is 0 Å². The number of nitrogens with one attached hydrogen (secondary N) is 1. The molecule has 1 aliphatic carbocycles. The van der Waals surface area contributed by atoms with Crippen molar-refractivity contribution in [2.75, 3.05) is 26.3 Å². The lowest BCUT2D eigenvalue weighted by atomic mass is 9.79. The van der Waals surface area contributed by atoms with Crippen molar-refractivity contribution in [3.05, 3.63) is 0 Å². The molecule has 0 aromatic carbocycles. The molecule has 0 aromatic heterocycles. The molecule has 2 rings (SSSR count). The Morgan fingerprint density at radius 2 is 2.06 bits per heavy atom. The first-order chi connectivity index (χ1) is 8.74. The molecule has 106 valence electrons. The highest BCUT2D eigenvalue weighted by Gasteiger charge is 2.35. The van der Waals surface area contributed by atoms with Gasteiger partial charge in [-0.2, -0.15) is 0 Å². The standard InChI is InChI=1S/C15H29NO2/c1-3-16-12-15(8-6-13(2)7-9-15)18-11-14-5-4-10-17-14/h13-14,16H,3-12H2,1-2H3. The highest BCUT2D eigenvalue weighted by molar-refractivity contribution is 4.89. The van der Waals surface area contributed by atoms with Crippen LogP contribution >= 0.6 is 0 Å². The van der Waals surface area contributed by atoms with Crippen LogP contribution in [0.25, 0.3) is 0 Å². The van der Waals surface area contributed by atoms with Crippen LogP contribution in [0.5, 0.6) is 0 Å². The van der Waals surface area contributed by atoms with Crippen molar-refractivity contribution in [2.45, 2.75) is 64.1 Å². The van der Waals surface area contributed by atoms with Crippen molar-refractivity contribution in [3.8, 4) is 0 Å². The summed E-state index contributed by atoms with van der Waals surface area (Å²) in [7, 11) is 0. The van der Waals surface area contributed by atoms with Gasteiger partial charge in [-0.3, -0.25) is 0 Å². The molecule has 0 bridgehead atoms. The third-order valence-corrected chi connectivity index (χ3v) is 4.48. The second-order valence-corrected chi connectivity index (χ2v) is 6.09. The van der Waals surface area contributed by atoms with E-state index in [1.807, 2.05) is 0 Å². The molecule has 0 aromatic rings. The van der Waals surface area contributed by atoms with Crippen LogP contribution in [0.4, 0.5) is 0 Å². The maximum atomic E-state index is 6.32. The Balaban J connectivity index is 1.83. The zero-order valence-electron chi connectivity index (χ0n) is 12.0. The molecule has 1 unspecified atom stereocenters. The predicted octanol–water partition coefficient (Wildman–Crippen LogP) is 2.74. The van der Waals surface area contributed by atoms with Crippen molar-refractivity contribution < 1.29 is 9.47 Å². The summed E-state index contributed by atoms with van der Waals surface area (Å²) in [6.07, 6.45) is 7.73. The molecular formula is C15H29NO2. The van der Waals surface area contributed by atoms with Gasteiger partial charge in [-0.15, -0.1) is 0 Å². The molecule has 18 heavy (non-hydrogen) atoms. The molecule has 1 heterocycles. The second kappa shape index (κ2) is 6.88. The average molecular weight is 255 g/mol. The zero-order valence-corrected chi connectivity index (χ0v) is 12.0. The van der Waals surface area contributed by atoms with Gasteiger partial charge in [0, 0.05) is 13.2 Å². The quantitative estimate of drug-likeness (QED) is 0.791. The van der Waals surface area contributed by atoms with Crippen molar-refractivity contribution in [3.63, 3.8) is 0 Å². The maximum absolute atomic E-state index is 6.32. The first kappa shape index (κ1) is 14.3. The Hall–Kier alpha value is -0.120. The van der Waals surface area contributed by atoms with Crippen LogP contribution in [0.3, 0.4) is 0 Å². The molecule has 0 amide bonds. The molecule has 1 aliphatic heterocycles. The Bertz CT molecular complexity index is 225. The Morgan fingerprint density at radius 3 is 2.67 bits per heavy atom. The molecule has 1 saturated heterocycles. The van der Waals surface area contributed by atoms with Gasteiger partial charge in [0.05, 0.1) is 18.3 Å². The molecule has 2 aliphatic rings. The van der Waals surface area contributed by atoms with E-state index < -0.39 is 0 Å². The highest BCUT2D eigenvalue weighted by Crippen LogP contribution is 2.35. The van der Waals surface area contributed by atoms with Gasteiger partial charge in [-0.25, -0.2) is 0 Å². The largest absolute Gasteiger partial charge is 0.376 e. The monoisotopic (exact) mass is 255 g/mol. The number of rotatable bonds is 6. The van der Waals surface area contributed by atoms with Gasteiger partial charge in [0.2, 0.25) is 0 Å². The van der Waals surface area contributed by atoms with E-state index in [4.69, 9.17) is 9.47 Å². The summed E-state index contributed by atoms with van der Waals surface area (Å²) in [6.45, 7) is 8.27. The van der Waals surface area contributed by atoms with Crippen molar-refractivity contribution in [2.24, 2.45) is 5.92 Å². The van der Waals surface area contributed by atoms with E-state index in [1.54, 1.807) is 0 Å². The molecule has 2 fully saturated rings. The third kappa shape index (κ3) is 3.94. The van der Waals surface area contributed by atoms with Gasteiger partial charge in [-0.05, 0) is 51.0 Å². The van der Waals surface area contributed by atoms with E-state index in [1.165, 1.54) is 38.5 Å². The van der Waals surface area contributed by atoms with Crippen molar-refractivity contribution in [1.29, 1.82) is 0 Å². The third-order valence-electron chi connectivity index (χ3n) is 4.48. The van der Waals surface area contributed by atoms with E-state index >= 15 is 0 Å². The highest BCUT2D eigenvalue weighted by atomic mass is 16.5. The van der Waals surface area contributed by atoms with E-state index in [-0.39, 0.29) is 5.60 Å². The maximum Gasteiger partial charge on any atom is 0.0809 e. The summed E-state index contributed by atoms with van der Waals surface area (Å²) < 4.78 is 12.0. The van der Waals surface area contributed by atoms with Gasteiger partial charge in [0.25, 0.3) is 0 Å². The van der Waals surface area contributed by atoms with Crippen LogP contribution in [0, 0.1) is 5.92 Å². The first-order valence-electron chi connectivity index (χ1n) is 7.70. The lowest BCUT2D eigenvalue weighted by Gasteiger charge is -2.40. The summed E-state index contributed by atoms with van der Waals surface area (Å²) in [6, 6.07) is 0. The van der Waals surface area contributed by atoms with Crippen LogP contribution in [0.1, 0.15) is 52.4 Å². The summed E-state index contributed by atoms with van der Waals surface area (Å²) in [5.41, 5.74) is 0.0778. The number of likely N-dealkylation sites (N-methyl/N-ethyl adjacent to an activating group) is 1. The number of ether oxygens (including phenoxy) is 2. The fourth-order valence-corrected chi connectivity index (χ4v) is 3.06. The molecule has 1 N–H and O–H groups in total. The van der Waals surface area contributed by atoms with E-state index in [0.29, 0.717) is 6.10 Å². The Labute approximate surface area is 112 Å². The average Bonchev–Trinajstić information content (AvgIpc) is 2.90. The summed E-state index contributed by atoms with van der Waals surface area (Å²) in [4.78, 5) is 0. The van der Waals surface area contributed by atoms with E-state index in [2.05, 4.69) is 19.2 Å². The topological polar surface area (TPSA) is 30.5 Å². The summed E-state index contributed by atoms with van der Waals surface area (Å²) in [5.74, 6) is 0.867. The van der Waals surface area contributed by atoms with E-state index in [0.717, 1.165) is 32.2 Å². The predicted molar refractivity (Wildman–Crippen MR) is 73.8 cm³/mol. The van der Waals surface area contributed by atoms with Crippen LogP contribution in [-0.2, 0) is 9.47 Å². The molecule has 1 saturated carbocycles. The summed E-state index contributed by atoms with van der Waals surface area (Å²) in [5, 5.41) is 3.48. The van der Waals surface area contributed by atoms with Gasteiger partial charge in [0.1, 0.15) is 0 Å². The van der Waals surface area contributed by atoms with E-state index in [9.17, 15) is 0 Å². The minimum Gasteiger partial charge on any atom is -0.376 e. The molecular weight excluding hydrogens is 226 g/mol. The lowest BCUT2D eigenvalue weighted by molar-refractivity contribution is -0.105. The van der Waals surface area contributed by atoms with Gasteiger partial charge < -0.3 is 14.8 Å². The van der Waals surface area contributed by atoms with Gasteiger partial charge in [0.15, 0.2) is 0 Å². The summed E-state index contributed by atoms with van der Waals surface area (Å²) >= 11 is 0. The van der Waals surface area contributed by atoms with Crippen molar-refractivity contribution in [1.82, 2.24) is 5.32 Å². The molecule has 3 nitrogen and oxygen atoms in total. The second-order valence-electron chi connectivity index (χ2n) is 6.09. The number of hydrogen-bond donors (Lipinski definition) is 1. The number of hydrogen-bond acceptors (Lipinski definition) is 3. The van der Waals surface area contributed by atoms with Crippen LogP contribution in [0.2, 0.25) is 0 Å². The van der Waals surface area contributed by atoms with Crippen molar-refractivity contribution >= 4 is 0 Å². The SMILES string of the molecule is CCNCC1(OCC2CCCO2)CCC(C)CC1. The zero-order chi connectivity index (χ0) is 12.8. The Kier molecular flexibility index (Phi) is 5.46. The molecule has 3 heteroatoms. The fraction of sp³-hybridized carbons (Fsp3) is 1.00. The fourth-order valence-electron chi connectivity index (χ4n) is 3.06. The smallest absolute Gasteiger partial charge is 0.0809 e. The van der Waals surface area contributed by atoms with Gasteiger partial charge in [-0.1, -0.05) is 13.8 Å². The molecule has 0 spiro atoms. The molecule has 1 atom stereocenters.